The van der Waals surface area contributed by atoms with Crippen molar-refractivity contribution < 1.29 is 8.42 Å². The van der Waals surface area contributed by atoms with Gasteiger partial charge in [0.05, 0.1) is 5.75 Å². The van der Waals surface area contributed by atoms with Crippen LogP contribution in [0.1, 0.15) is 29.6 Å². The number of hydrogen-bond acceptors (Lipinski definition) is 5. The molecule has 3 rings (SSSR count). The molecular formula is C11H14N4O2S. The number of nitrogens with zero attached hydrogens (tertiary/aromatic N) is 3. The number of nitrogens with two attached hydrogens (primary N) is 1. The van der Waals surface area contributed by atoms with Gasteiger partial charge in [0, 0.05) is 12.2 Å². The van der Waals surface area contributed by atoms with Gasteiger partial charge in [-0.2, -0.15) is 0 Å². The van der Waals surface area contributed by atoms with E-state index in [2.05, 4.69) is 10.2 Å². The van der Waals surface area contributed by atoms with Crippen molar-refractivity contribution in [1.82, 2.24) is 14.6 Å². The average molecular weight is 266 g/mol. The molecule has 0 spiro atoms. The van der Waals surface area contributed by atoms with Gasteiger partial charge in [-0.15, -0.1) is 10.2 Å². The van der Waals surface area contributed by atoms with E-state index >= 15 is 0 Å². The molecule has 1 unspecified atom stereocenters. The Labute approximate surface area is 105 Å². The third-order valence-corrected chi connectivity index (χ3v) is 5.53. The second-order valence-corrected chi connectivity index (χ2v) is 6.77. The fourth-order valence-electron chi connectivity index (χ4n) is 2.48. The molecule has 1 aliphatic rings. The molecule has 18 heavy (non-hydrogen) atoms. The normalized spacial score (nSPS) is 22.6. The first-order valence-corrected chi connectivity index (χ1v) is 7.59. The molecular weight excluding hydrogens is 252 g/mol. The molecule has 0 radical (unpaired) electrons. The monoisotopic (exact) mass is 266 g/mol. The van der Waals surface area contributed by atoms with Crippen molar-refractivity contribution in [2.24, 2.45) is 5.73 Å². The van der Waals surface area contributed by atoms with E-state index in [1.807, 2.05) is 12.1 Å². The second kappa shape index (κ2) is 4.03. The highest BCUT2D eigenvalue weighted by Gasteiger charge is 2.36. The molecule has 2 N–H and O–H groups in total. The zero-order chi connectivity index (χ0) is 12.8. The van der Waals surface area contributed by atoms with Crippen molar-refractivity contribution in [1.29, 1.82) is 0 Å². The van der Waals surface area contributed by atoms with Crippen LogP contribution in [0.4, 0.5) is 0 Å². The summed E-state index contributed by atoms with van der Waals surface area (Å²) >= 11 is 0. The zero-order valence-electron chi connectivity index (χ0n) is 9.78. The lowest BCUT2D eigenvalue weighted by atomic mass is 10.2. The molecule has 0 amide bonds. The number of aromatic nitrogens is 3. The molecule has 6 nitrogen and oxygen atoms in total. The quantitative estimate of drug-likeness (QED) is 0.851. The smallest absolute Gasteiger partial charge is 0.161 e. The van der Waals surface area contributed by atoms with E-state index in [0.29, 0.717) is 30.9 Å². The van der Waals surface area contributed by atoms with E-state index in [9.17, 15) is 8.42 Å². The molecule has 0 aliphatic carbocycles. The van der Waals surface area contributed by atoms with Gasteiger partial charge in [-0.25, -0.2) is 8.42 Å². The van der Waals surface area contributed by atoms with Gasteiger partial charge in [0.2, 0.25) is 0 Å². The van der Waals surface area contributed by atoms with Crippen LogP contribution >= 0.6 is 0 Å². The van der Waals surface area contributed by atoms with Crippen molar-refractivity contribution in [2.75, 3.05) is 5.75 Å². The predicted molar refractivity (Wildman–Crippen MR) is 66.6 cm³/mol. The highest BCUT2D eigenvalue weighted by molar-refractivity contribution is 7.91. The third-order valence-electron chi connectivity index (χ3n) is 3.36. The molecule has 1 fully saturated rings. The molecule has 2 aromatic heterocycles. The topological polar surface area (TPSA) is 90.3 Å². The van der Waals surface area contributed by atoms with Crippen molar-refractivity contribution in [3.05, 3.63) is 29.7 Å². The van der Waals surface area contributed by atoms with E-state index in [1.54, 1.807) is 10.5 Å². The van der Waals surface area contributed by atoms with E-state index in [-0.39, 0.29) is 5.75 Å². The van der Waals surface area contributed by atoms with Crippen LogP contribution in [0.3, 0.4) is 0 Å². The maximum absolute atomic E-state index is 12.0. The summed E-state index contributed by atoms with van der Waals surface area (Å²) in [5.74, 6) is 0.737. The fourth-order valence-corrected chi connectivity index (χ4v) is 4.33. The Morgan fingerprint density at radius 2 is 2.22 bits per heavy atom. The number of hydrogen-bond donors (Lipinski definition) is 1. The van der Waals surface area contributed by atoms with Gasteiger partial charge in [0.15, 0.2) is 21.3 Å². The van der Waals surface area contributed by atoms with Crippen molar-refractivity contribution in [3.8, 4) is 0 Å². The first-order chi connectivity index (χ1) is 8.63. The lowest BCUT2D eigenvalue weighted by Crippen LogP contribution is -2.14. The third kappa shape index (κ3) is 1.62. The first-order valence-electron chi connectivity index (χ1n) is 5.88. The van der Waals surface area contributed by atoms with Gasteiger partial charge in [-0.1, -0.05) is 6.07 Å². The summed E-state index contributed by atoms with van der Waals surface area (Å²) in [6.45, 7) is 0.329. The number of sulfone groups is 1. The van der Waals surface area contributed by atoms with Crippen molar-refractivity contribution in [2.45, 2.75) is 24.6 Å². The van der Waals surface area contributed by atoms with Crippen LogP contribution in [0.2, 0.25) is 0 Å². The molecule has 2 aromatic rings. The molecule has 0 saturated carbocycles. The van der Waals surface area contributed by atoms with E-state index in [1.165, 1.54) is 0 Å². The van der Waals surface area contributed by atoms with E-state index in [4.69, 9.17) is 5.73 Å². The summed E-state index contributed by atoms with van der Waals surface area (Å²) in [5, 5.41) is 7.55. The lowest BCUT2D eigenvalue weighted by Gasteiger charge is -2.10. The minimum Gasteiger partial charge on any atom is -0.325 e. The number of rotatable bonds is 2. The summed E-state index contributed by atoms with van der Waals surface area (Å²) in [7, 11) is -3.09. The molecule has 0 bridgehead atoms. The maximum Gasteiger partial charge on any atom is 0.161 e. The molecule has 3 heterocycles. The molecule has 0 aromatic carbocycles. The van der Waals surface area contributed by atoms with Gasteiger partial charge in [-0.05, 0) is 25.0 Å². The Bertz CT molecular complexity index is 692. The SMILES string of the molecule is NCc1cccc2nnc(C3CCCS3(=O)=O)n12. The standard InChI is InChI=1S/C11H14N4O2S/c12-7-8-3-1-5-10-13-14-11(15(8)10)9-4-2-6-18(9,16)17/h1,3,5,9H,2,4,6-7,12H2. The molecule has 1 aliphatic heterocycles. The summed E-state index contributed by atoms with van der Waals surface area (Å²) in [4.78, 5) is 0. The summed E-state index contributed by atoms with van der Waals surface area (Å²) in [6.07, 6.45) is 1.30. The lowest BCUT2D eigenvalue weighted by molar-refractivity contribution is 0.587. The average Bonchev–Trinajstić information content (AvgIpc) is 2.91. The Morgan fingerprint density at radius 1 is 1.39 bits per heavy atom. The van der Waals surface area contributed by atoms with Crippen molar-refractivity contribution >= 4 is 15.5 Å². The number of fused-ring (bicyclic) bond motifs is 1. The summed E-state index contributed by atoms with van der Waals surface area (Å²) in [5.41, 5.74) is 7.16. The second-order valence-electron chi connectivity index (χ2n) is 4.47. The van der Waals surface area contributed by atoms with Gasteiger partial charge in [0.25, 0.3) is 0 Å². The van der Waals surface area contributed by atoms with Crippen LogP contribution in [0.5, 0.6) is 0 Å². The molecule has 7 heteroatoms. The Hall–Kier alpha value is -1.47. The van der Waals surface area contributed by atoms with Gasteiger partial charge in [-0.3, -0.25) is 4.40 Å². The Kier molecular flexibility index (Phi) is 2.60. The maximum atomic E-state index is 12.0. The largest absolute Gasteiger partial charge is 0.325 e. The summed E-state index contributed by atoms with van der Waals surface area (Å²) in [6, 6.07) is 5.51. The van der Waals surface area contributed by atoms with Gasteiger partial charge in [0.1, 0.15) is 5.25 Å². The number of pyridine rings is 1. The van der Waals surface area contributed by atoms with E-state index in [0.717, 1.165) is 5.69 Å². The Balaban J connectivity index is 2.24. The minimum atomic E-state index is -3.09. The Morgan fingerprint density at radius 3 is 2.89 bits per heavy atom. The van der Waals surface area contributed by atoms with Crippen LogP contribution in [0, 0.1) is 0 Å². The van der Waals surface area contributed by atoms with Crippen LogP contribution in [-0.2, 0) is 16.4 Å². The highest BCUT2D eigenvalue weighted by Crippen LogP contribution is 2.33. The van der Waals surface area contributed by atoms with Crippen molar-refractivity contribution in [3.63, 3.8) is 0 Å². The fraction of sp³-hybridized carbons (Fsp3) is 0.455. The van der Waals surface area contributed by atoms with Gasteiger partial charge >= 0.3 is 0 Å². The predicted octanol–water partition coefficient (Wildman–Crippen LogP) is 0.438. The first kappa shape index (κ1) is 11.6. The highest BCUT2D eigenvalue weighted by atomic mass is 32.2. The van der Waals surface area contributed by atoms with Crippen LogP contribution < -0.4 is 5.73 Å². The summed E-state index contributed by atoms with van der Waals surface area (Å²) < 4.78 is 25.8. The van der Waals surface area contributed by atoms with Crippen LogP contribution in [-0.4, -0.2) is 28.8 Å². The minimum absolute atomic E-state index is 0.234. The zero-order valence-corrected chi connectivity index (χ0v) is 10.6. The van der Waals surface area contributed by atoms with Crippen LogP contribution in [0.25, 0.3) is 5.65 Å². The molecule has 1 atom stereocenters. The molecule has 96 valence electrons. The van der Waals surface area contributed by atoms with Crippen LogP contribution in [0.15, 0.2) is 18.2 Å². The van der Waals surface area contributed by atoms with Gasteiger partial charge < -0.3 is 5.73 Å². The molecule has 1 saturated heterocycles. The van der Waals surface area contributed by atoms with E-state index < -0.39 is 15.1 Å².